The Morgan fingerprint density at radius 3 is 2.11 bits per heavy atom. The number of hydrogen-bond donors (Lipinski definition) is 0. The van der Waals surface area contributed by atoms with Crippen LogP contribution in [0.25, 0.3) is 0 Å². The zero-order chi connectivity index (χ0) is 14.3. The van der Waals surface area contributed by atoms with E-state index in [1.807, 2.05) is 17.5 Å². The summed E-state index contributed by atoms with van der Waals surface area (Å²) in [4.78, 5) is 25.4. The Labute approximate surface area is 117 Å². The van der Waals surface area contributed by atoms with Gasteiger partial charge in [-0.3, -0.25) is 9.59 Å². The van der Waals surface area contributed by atoms with Crippen LogP contribution in [0.5, 0.6) is 0 Å². The van der Waals surface area contributed by atoms with Crippen molar-refractivity contribution in [3.05, 3.63) is 22.4 Å². The molecule has 1 aromatic heterocycles. The van der Waals surface area contributed by atoms with E-state index in [-0.39, 0.29) is 13.2 Å². The largest absolute Gasteiger partial charge is 0.465 e. The minimum Gasteiger partial charge on any atom is -0.465 e. The average Bonchev–Trinajstić information content (AvgIpc) is 2.89. The highest BCUT2D eigenvalue weighted by molar-refractivity contribution is 7.09. The molecule has 0 fully saturated rings. The lowest BCUT2D eigenvalue weighted by Crippen LogP contribution is -2.43. The molecular formula is C14H20O4S. The standard InChI is InChI=1S/C14H20O4S/c1-4-14(12(15)17-5-2,13(16)18-6-3)10-11-8-7-9-19-11/h7-9H,4-6,10H2,1-3H3. The minimum absolute atomic E-state index is 0.254. The lowest BCUT2D eigenvalue weighted by atomic mass is 9.81. The van der Waals surface area contributed by atoms with Crippen molar-refractivity contribution >= 4 is 23.3 Å². The molecule has 0 aliphatic heterocycles. The molecule has 0 unspecified atom stereocenters. The van der Waals surface area contributed by atoms with Crippen LogP contribution in [0.3, 0.4) is 0 Å². The first-order chi connectivity index (χ1) is 9.10. The number of esters is 2. The first-order valence-electron chi connectivity index (χ1n) is 6.47. The molecule has 0 aliphatic rings. The van der Waals surface area contributed by atoms with Crippen LogP contribution in [0.15, 0.2) is 17.5 Å². The molecule has 19 heavy (non-hydrogen) atoms. The Balaban J connectivity index is 3.05. The number of carbonyl (C=O) groups excluding carboxylic acids is 2. The Morgan fingerprint density at radius 2 is 1.74 bits per heavy atom. The maximum atomic E-state index is 12.2. The van der Waals surface area contributed by atoms with Gasteiger partial charge in [0.25, 0.3) is 0 Å². The summed E-state index contributed by atoms with van der Waals surface area (Å²) in [6.45, 7) is 5.78. The SMILES string of the molecule is CCOC(=O)C(CC)(Cc1cccs1)C(=O)OCC. The topological polar surface area (TPSA) is 52.6 Å². The van der Waals surface area contributed by atoms with Gasteiger partial charge in [0.05, 0.1) is 13.2 Å². The average molecular weight is 284 g/mol. The summed E-state index contributed by atoms with van der Waals surface area (Å²) >= 11 is 1.52. The molecule has 0 bridgehead atoms. The molecule has 0 radical (unpaired) electrons. The molecule has 0 atom stereocenters. The van der Waals surface area contributed by atoms with Gasteiger partial charge in [-0.2, -0.15) is 0 Å². The third kappa shape index (κ3) is 3.56. The van der Waals surface area contributed by atoms with Crippen LogP contribution >= 0.6 is 11.3 Å². The third-order valence-corrected chi connectivity index (χ3v) is 3.87. The number of thiophene rings is 1. The molecule has 0 saturated carbocycles. The number of ether oxygens (including phenoxy) is 2. The quantitative estimate of drug-likeness (QED) is 0.570. The van der Waals surface area contributed by atoms with Crippen molar-refractivity contribution in [2.45, 2.75) is 33.6 Å². The molecule has 0 amide bonds. The molecule has 4 nitrogen and oxygen atoms in total. The Morgan fingerprint density at radius 1 is 1.16 bits per heavy atom. The van der Waals surface area contributed by atoms with Gasteiger partial charge in [-0.05, 0) is 31.7 Å². The van der Waals surface area contributed by atoms with Gasteiger partial charge in [0.15, 0.2) is 5.41 Å². The van der Waals surface area contributed by atoms with Gasteiger partial charge in [-0.1, -0.05) is 13.0 Å². The van der Waals surface area contributed by atoms with Crippen LogP contribution in [0, 0.1) is 5.41 Å². The Bertz CT molecular complexity index is 393. The van der Waals surface area contributed by atoms with Crippen molar-refractivity contribution in [2.24, 2.45) is 5.41 Å². The molecule has 5 heteroatoms. The van der Waals surface area contributed by atoms with Crippen LogP contribution in [-0.4, -0.2) is 25.2 Å². The molecular weight excluding hydrogens is 264 g/mol. The Hall–Kier alpha value is -1.36. The second kappa shape index (κ2) is 7.28. The van der Waals surface area contributed by atoms with Crippen LogP contribution in [0.2, 0.25) is 0 Å². The van der Waals surface area contributed by atoms with Crippen molar-refractivity contribution < 1.29 is 19.1 Å². The lowest BCUT2D eigenvalue weighted by molar-refractivity contribution is -0.172. The van der Waals surface area contributed by atoms with E-state index in [0.717, 1.165) is 4.88 Å². The summed E-state index contributed by atoms with van der Waals surface area (Å²) < 4.78 is 10.2. The highest BCUT2D eigenvalue weighted by atomic mass is 32.1. The fraction of sp³-hybridized carbons (Fsp3) is 0.571. The zero-order valence-electron chi connectivity index (χ0n) is 11.6. The van der Waals surface area contributed by atoms with Gasteiger partial charge < -0.3 is 9.47 Å². The van der Waals surface area contributed by atoms with E-state index in [1.54, 1.807) is 20.8 Å². The molecule has 0 saturated heterocycles. The van der Waals surface area contributed by atoms with Crippen LogP contribution in [-0.2, 0) is 25.5 Å². The van der Waals surface area contributed by atoms with Crippen molar-refractivity contribution in [2.75, 3.05) is 13.2 Å². The molecule has 0 spiro atoms. The molecule has 0 aromatic carbocycles. The number of rotatable bonds is 7. The van der Waals surface area contributed by atoms with Gasteiger partial charge in [-0.15, -0.1) is 11.3 Å². The van der Waals surface area contributed by atoms with Gasteiger partial charge in [0.2, 0.25) is 0 Å². The first-order valence-corrected chi connectivity index (χ1v) is 7.35. The van der Waals surface area contributed by atoms with E-state index in [4.69, 9.17) is 9.47 Å². The maximum Gasteiger partial charge on any atom is 0.323 e. The number of hydrogen-bond acceptors (Lipinski definition) is 5. The summed E-state index contributed by atoms with van der Waals surface area (Å²) in [7, 11) is 0. The second-order valence-corrected chi connectivity index (χ2v) is 5.16. The van der Waals surface area contributed by atoms with Gasteiger partial charge >= 0.3 is 11.9 Å². The summed E-state index contributed by atoms with van der Waals surface area (Å²) in [5.74, 6) is -0.992. The molecule has 0 N–H and O–H groups in total. The summed E-state index contributed by atoms with van der Waals surface area (Å²) in [5, 5.41) is 1.92. The van der Waals surface area contributed by atoms with Crippen LogP contribution in [0.1, 0.15) is 32.1 Å². The maximum absolute atomic E-state index is 12.2. The van der Waals surface area contributed by atoms with Crippen molar-refractivity contribution in [3.8, 4) is 0 Å². The van der Waals surface area contributed by atoms with E-state index in [0.29, 0.717) is 12.8 Å². The number of carbonyl (C=O) groups is 2. The van der Waals surface area contributed by atoms with Crippen LogP contribution < -0.4 is 0 Å². The zero-order valence-corrected chi connectivity index (χ0v) is 12.4. The lowest BCUT2D eigenvalue weighted by Gasteiger charge is -2.27. The molecule has 106 valence electrons. The summed E-state index contributed by atoms with van der Waals surface area (Å²) in [6, 6.07) is 3.81. The van der Waals surface area contributed by atoms with Crippen molar-refractivity contribution in [3.63, 3.8) is 0 Å². The fourth-order valence-corrected chi connectivity index (χ4v) is 2.71. The fourth-order valence-electron chi connectivity index (χ4n) is 1.89. The highest BCUT2D eigenvalue weighted by Crippen LogP contribution is 2.32. The van der Waals surface area contributed by atoms with E-state index < -0.39 is 17.4 Å². The first kappa shape index (κ1) is 15.7. The highest BCUT2D eigenvalue weighted by Gasteiger charge is 2.47. The third-order valence-electron chi connectivity index (χ3n) is 2.99. The minimum atomic E-state index is -1.23. The molecule has 1 aromatic rings. The molecule has 1 rings (SSSR count). The van der Waals surface area contributed by atoms with Crippen molar-refractivity contribution in [1.29, 1.82) is 0 Å². The second-order valence-electron chi connectivity index (χ2n) is 4.13. The molecule has 1 heterocycles. The van der Waals surface area contributed by atoms with E-state index in [9.17, 15) is 9.59 Å². The van der Waals surface area contributed by atoms with E-state index in [2.05, 4.69) is 0 Å². The Kier molecular flexibility index (Phi) is 6.02. The van der Waals surface area contributed by atoms with E-state index >= 15 is 0 Å². The molecule has 0 aliphatic carbocycles. The predicted octanol–water partition coefficient (Wildman–Crippen LogP) is 2.81. The predicted molar refractivity (Wildman–Crippen MR) is 74.0 cm³/mol. The van der Waals surface area contributed by atoms with Crippen molar-refractivity contribution in [1.82, 2.24) is 0 Å². The summed E-state index contributed by atoms with van der Waals surface area (Å²) in [6.07, 6.45) is 0.696. The van der Waals surface area contributed by atoms with Gasteiger partial charge in [-0.25, -0.2) is 0 Å². The summed E-state index contributed by atoms with van der Waals surface area (Å²) in [5.41, 5.74) is -1.23. The normalized spacial score (nSPS) is 11.1. The van der Waals surface area contributed by atoms with Gasteiger partial charge in [0.1, 0.15) is 0 Å². The van der Waals surface area contributed by atoms with Crippen LogP contribution in [0.4, 0.5) is 0 Å². The monoisotopic (exact) mass is 284 g/mol. The van der Waals surface area contributed by atoms with Gasteiger partial charge in [0, 0.05) is 11.3 Å². The smallest absolute Gasteiger partial charge is 0.323 e. The van der Waals surface area contributed by atoms with E-state index in [1.165, 1.54) is 11.3 Å².